The van der Waals surface area contributed by atoms with Crippen molar-refractivity contribution >= 4 is 22.6 Å². The van der Waals surface area contributed by atoms with E-state index in [-0.39, 0.29) is 5.56 Å². The minimum atomic E-state index is -0.559. The number of hydrogen-bond acceptors (Lipinski definition) is 6. The largest absolute Gasteiger partial charge is 0.494 e. The molecule has 1 aliphatic heterocycles. The van der Waals surface area contributed by atoms with Crippen LogP contribution in [0, 0.1) is 12.8 Å². The second kappa shape index (κ2) is 9.32. The monoisotopic (exact) mass is 472 g/mol. The van der Waals surface area contributed by atoms with E-state index in [1.54, 1.807) is 24.3 Å². The van der Waals surface area contributed by atoms with Gasteiger partial charge in [-0.05, 0) is 37.2 Å². The molecule has 1 fully saturated rings. The Labute approximate surface area is 203 Å². The summed E-state index contributed by atoms with van der Waals surface area (Å²) in [7, 11) is 1.51. The zero-order valence-corrected chi connectivity index (χ0v) is 20.1. The molecule has 1 unspecified atom stereocenters. The second-order valence-electron chi connectivity index (χ2n) is 9.00. The van der Waals surface area contributed by atoms with Crippen molar-refractivity contribution in [1.82, 2.24) is 29.6 Å². The minimum absolute atomic E-state index is 0.266. The number of ether oxygens (including phenoxy) is 1. The van der Waals surface area contributed by atoms with E-state index >= 15 is 0 Å². The first-order valence-electron chi connectivity index (χ1n) is 11.8. The number of nitrogens with one attached hydrogen (secondary N) is 1. The molecule has 3 aromatic heterocycles. The third-order valence-corrected chi connectivity index (χ3v) is 7.00. The van der Waals surface area contributed by atoms with Crippen molar-refractivity contribution in [2.24, 2.45) is 5.92 Å². The number of nitrogens with zero attached hydrogens (tertiary/aromatic N) is 5. The molecule has 1 aromatic carbocycles. The molecule has 4 heterocycles. The van der Waals surface area contributed by atoms with Gasteiger partial charge >= 0.3 is 0 Å². The van der Waals surface area contributed by atoms with Crippen LogP contribution >= 0.6 is 0 Å². The second-order valence-corrected chi connectivity index (χ2v) is 9.00. The number of amides is 1. The average Bonchev–Trinajstić information content (AvgIpc) is 3.54. The predicted molar refractivity (Wildman–Crippen MR) is 131 cm³/mol. The molecule has 0 radical (unpaired) electrons. The summed E-state index contributed by atoms with van der Waals surface area (Å²) in [6.07, 6.45) is 6.36. The smallest absolute Gasteiger partial charge is 0.295 e. The van der Waals surface area contributed by atoms with E-state index in [1.165, 1.54) is 23.6 Å². The number of likely N-dealkylation sites (tertiary alicyclic amines) is 1. The molecule has 0 saturated carbocycles. The van der Waals surface area contributed by atoms with E-state index in [1.807, 2.05) is 6.07 Å². The molecule has 1 N–H and O–H groups in total. The van der Waals surface area contributed by atoms with E-state index < -0.39 is 11.7 Å². The van der Waals surface area contributed by atoms with E-state index in [0.717, 1.165) is 12.8 Å². The van der Waals surface area contributed by atoms with E-state index in [4.69, 9.17) is 4.74 Å². The standard InChI is InChI=1S/C26H28N6O3/c1-16(18-7-5-4-6-8-18)19-9-11-31(12-10-19)26(34)24(33)20-13-27-23-22(20)21(35-3)14-28-25(23)32-15-29-17(2)30-32/h4-8,13-16,19,27H,9-12H2,1-3H3. The highest BCUT2D eigenvalue weighted by Gasteiger charge is 2.32. The molecular formula is C26H28N6O3. The fourth-order valence-electron chi connectivity index (χ4n) is 4.95. The molecule has 1 atom stereocenters. The summed E-state index contributed by atoms with van der Waals surface area (Å²) in [4.78, 5) is 39.9. The lowest BCUT2D eigenvalue weighted by atomic mass is 9.81. The lowest BCUT2D eigenvalue weighted by Crippen LogP contribution is -2.42. The summed E-state index contributed by atoms with van der Waals surface area (Å²) < 4.78 is 7.01. The number of carbonyl (C=O) groups is 2. The molecule has 4 aromatic rings. The number of H-pyrrole nitrogens is 1. The quantitative estimate of drug-likeness (QED) is 0.339. The normalized spacial score (nSPS) is 15.3. The zero-order valence-electron chi connectivity index (χ0n) is 20.1. The van der Waals surface area contributed by atoms with Crippen LogP contribution in [0.4, 0.5) is 0 Å². The van der Waals surface area contributed by atoms with Crippen LogP contribution in [-0.4, -0.2) is 61.5 Å². The first kappa shape index (κ1) is 22.8. The Hall–Kier alpha value is -4.01. The SMILES string of the molecule is COc1cnc(-n2cnc(C)n2)c2[nH]cc(C(=O)C(=O)N3CCC(C(C)c4ccccc4)CC3)c12. The van der Waals surface area contributed by atoms with Crippen LogP contribution in [0.15, 0.2) is 49.1 Å². The molecule has 0 aliphatic carbocycles. The molecule has 5 rings (SSSR count). The van der Waals surface area contributed by atoms with Crippen molar-refractivity contribution in [2.75, 3.05) is 20.2 Å². The number of ketones is 1. The Morgan fingerprint density at radius 2 is 1.89 bits per heavy atom. The lowest BCUT2D eigenvalue weighted by molar-refractivity contribution is -0.127. The third-order valence-electron chi connectivity index (χ3n) is 7.00. The number of methoxy groups -OCH3 is 1. The summed E-state index contributed by atoms with van der Waals surface area (Å²) in [5.41, 5.74) is 2.13. The molecule has 1 aliphatic rings. The van der Waals surface area contributed by atoms with Crippen LogP contribution in [0.5, 0.6) is 5.75 Å². The van der Waals surface area contributed by atoms with Gasteiger partial charge in [-0.3, -0.25) is 9.59 Å². The topological polar surface area (TPSA) is 106 Å². The van der Waals surface area contributed by atoms with Crippen molar-refractivity contribution in [2.45, 2.75) is 32.6 Å². The van der Waals surface area contributed by atoms with Crippen LogP contribution in [0.3, 0.4) is 0 Å². The average molecular weight is 473 g/mol. The number of Topliss-reactive ketones (excluding diaryl/α,β-unsaturated/α-hetero) is 1. The Kier molecular flexibility index (Phi) is 6.07. The number of carbonyl (C=O) groups excluding carboxylic acids is 2. The van der Waals surface area contributed by atoms with Crippen LogP contribution in [0.1, 0.15) is 47.4 Å². The number of aryl methyl sites for hydroxylation is 1. The molecule has 180 valence electrons. The van der Waals surface area contributed by atoms with Crippen molar-refractivity contribution in [3.05, 3.63) is 66.0 Å². The molecular weight excluding hydrogens is 444 g/mol. The number of piperidine rings is 1. The van der Waals surface area contributed by atoms with Crippen LogP contribution in [0.2, 0.25) is 0 Å². The highest BCUT2D eigenvalue weighted by molar-refractivity contribution is 6.45. The van der Waals surface area contributed by atoms with E-state index in [0.29, 0.717) is 53.2 Å². The first-order valence-corrected chi connectivity index (χ1v) is 11.8. The van der Waals surface area contributed by atoms with Crippen molar-refractivity contribution in [1.29, 1.82) is 0 Å². The summed E-state index contributed by atoms with van der Waals surface area (Å²) in [5.74, 6) is 1.32. The van der Waals surface area contributed by atoms with Gasteiger partial charge in [-0.2, -0.15) is 5.10 Å². The fourth-order valence-corrected chi connectivity index (χ4v) is 4.95. The van der Waals surface area contributed by atoms with Crippen molar-refractivity contribution in [3.63, 3.8) is 0 Å². The summed E-state index contributed by atoms with van der Waals surface area (Å²) in [6, 6.07) is 10.4. The van der Waals surface area contributed by atoms with E-state index in [9.17, 15) is 9.59 Å². The molecule has 1 saturated heterocycles. The number of rotatable bonds is 6. The number of aromatic amines is 1. The molecule has 35 heavy (non-hydrogen) atoms. The van der Waals surface area contributed by atoms with Gasteiger partial charge in [-0.1, -0.05) is 37.3 Å². The third kappa shape index (κ3) is 4.18. The number of benzene rings is 1. The van der Waals surface area contributed by atoms with Crippen molar-refractivity contribution < 1.29 is 14.3 Å². The van der Waals surface area contributed by atoms with Gasteiger partial charge in [0.05, 0.1) is 29.8 Å². The van der Waals surface area contributed by atoms with Crippen LogP contribution in [0.25, 0.3) is 16.7 Å². The van der Waals surface area contributed by atoms with Gasteiger partial charge < -0.3 is 14.6 Å². The van der Waals surface area contributed by atoms with Gasteiger partial charge in [0.25, 0.3) is 11.7 Å². The van der Waals surface area contributed by atoms with Gasteiger partial charge in [-0.25, -0.2) is 14.6 Å². The molecule has 0 spiro atoms. The lowest BCUT2D eigenvalue weighted by Gasteiger charge is -2.34. The number of aromatic nitrogens is 5. The Morgan fingerprint density at radius 3 is 2.54 bits per heavy atom. The number of hydrogen-bond donors (Lipinski definition) is 1. The Balaban J connectivity index is 1.36. The molecule has 9 nitrogen and oxygen atoms in total. The maximum absolute atomic E-state index is 13.4. The van der Waals surface area contributed by atoms with Gasteiger partial charge in [0.2, 0.25) is 0 Å². The Morgan fingerprint density at radius 1 is 1.14 bits per heavy atom. The minimum Gasteiger partial charge on any atom is -0.494 e. The fraction of sp³-hybridized carbons (Fsp3) is 0.346. The molecule has 0 bridgehead atoms. The zero-order chi connectivity index (χ0) is 24.5. The predicted octanol–water partition coefficient (Wildman–Crippen LogP) is 3.69. The Bertz CT molecular complexity index is 1370. The van der Waals surface area contributed by atoms with Gasteiger partial charge in [0.15, 0.2) is 5.82 Å². The summed E-state index contributed by atoms with van der Waals surface area (Å²) in [5, 5.41) is 4.83. The highest BCUT2D eigenvalue weighted by Crippen LogP contribution is 2.34. The number of fused-ring (bicyclic) bond motifs is 1. The summed E-state index contributed by atoms with van der Waals surface area (Å²) >= 11 is 0. The first-order chi connectivity index (χ1) is 17.0. The summed E-state index contributed by atoms with van der Waals surface area (Å²) in [6.45, 7) is 5.15. The van der Waals surface area contributed by atoms with Gasteiger partial charge in [0, 0.05) is 19.3 Å². The number of pyridine rings is 1. The molecule has 1 amide bonds. The van der Waals surface area contributed by atoms with Gasteiger partial charge in [0.1, 0.15) is 17.9 Å². The maximum atomic E-state index is 13.4. The van der Waals surface area contributed by atoms with Crippen LogP contribution in [-0.2, 0) is 4.79 Å². The van der Waals surface area contributed by atoms with Crippen LogP contribution < -0.4 is 4.74 Å². The molecule has 9 heteroatoms. The highest BCUT2D eigenvalue weighted by atomic mass is 16.5. The maximum Gasteiger partial charge on any atom is 0.295 e. The van der Waals surface area contributed by atoms with Crippen molar-refractivity contribution in [3.8, 4) is 11.6 Å². The van der Waals surface area contributed by atoms with Gasteiger partial charge in [-0.15, -0.1) is 0 Å². The van der Waals surface area contributed by atoms with E-state index in [2.05, 4.69) is 51.2 Å².